The Labute approximate surface area is 301 Å². The summed E-state index contributed by atoms with van der Waals surface area (Å²) in [5, 5.41) is 3.62. The molecule has 0 unspecified atom stereocenters. The minimum atomic E-state index is 0. The van der Waals surface area contributed by atoms with Gasteiger partial charge < -0.3 is 27.4 Å². The first-order chi connectivity index (χ1) is 23.8. The average molecular weight is 686 g/mol. The number of aromatic amines is 2. The van der Waals surface area contributed by atoms with Crippen molar-refractivity contribution in [3.05, 3.63) is 244 Å². The summed E-state index contributed by atoms with van der Waals surface area (Å²) < 4.78 is 0. The van der Waals surface area contributed by atoms with E-state index in [4.69, 9.17) is 9.97 Å². The van der Waals surface area contributed by atoms with Gasteiger partial charge in [0, 0.05) is 22.8 Å². The molecule has 0 fully saturated rings. The second kappa shape index (κ2) is 13.9. The van der Waals surface area contributed by atoms with Crippen LogP contribution in [0.5, 0.6) is 0 Å². The van der Waals surface area contributed by atoms with Gasteiger partial charge in [0.2, 0.25) is 0 Å². The fourth-order valence-electron chi connectivity index (χ4n) is 6.84. The van der Waals surface area contributed by atoms with Crippen LogP contribution in [0.25, 0.3) is 22.3 Å². The van der Waals surface area contributed by atoms with Gasteiger partial charge in [-0.2, -0.15) is 0 Å². The van der Waals surface area contributed by atoms with Crippen molar-refractivity contribution in [3.8, 4) is 0 Å². The summed E-state index contributed by atoms with van der Waals surface area (Å²) in [4.78, 5) is 18.3. The van der Waals surface area contributed by atoms with Crippen LogP contribution in [0.2, 0.25) is 0 Å². The zero-order chi connectivity index (χ0) is 31.9. The molecule has 4 nitrogen and oxygen atoms in total. The molecule has 0 saturated heterocycles. The minimum absolute atomic E-state index is 0. The van der Waals surface area contributed by atoms with Crippen molar-refractivity contribution in [2.24, 2.45) is 0 Å². The second-order valence-corrected chi connectivity index (χ2v) is 12.0. The van der Waals surface area contributed by atoms with Gasteiger partial charge in [-0.3, -0.25) is 0 Å². The normalized spacial score (nSPS) is 16.6. The summed E-state index contributed by atoms with van der Waals surface area (Å²) in [5.41, 5.74) is 12.5. The SMILES string of the molecule is [CH3-].[Fe+5].c1ccc(/C2=c3\cc/c([n-]3)=C(\c3ccccc3)c3ccc([nH]3)/C(c3ccccc3)=c3/cc/c([n-]3)=C(\c3ccccc3)c3ccc2[nH]3)cc1. The van der Waals surface area contributed by atoms with Crippen molar-refractivity contribution in [2.45, 2.75) is 0 Å². The molecule has 239 valence electrons. The molecule has 4 aromatic carbocycles. The van der Waals surface area contributed by atoms with Crippen LogP contribution < -0.4 is 31.4 Å². The standard InChI is InChI=1S/C44H30N4.CH3.Fe/c1-5-13-29(14-6-1)41-33-21-23-35(45-33)42(30-15-7-2-8-16-30)37-25-27-39(47-37)44(32-19-11-4-12-20-32)40-28-26-38(48-40)43(31-17-9-3-10-18-31)36-24-22-34(41)46-36;;/h1-28,45,48H;1H3;/q-2;-1;+5/b41-33?,41-34-,42-35?,42-37-,43-36-,43-38?,44-39-,44-40?;;. The second-order valence-electron chi connectivity index (χ2n) is 12.0. The van der Waals surface area contributed by atoms with E-state index in [1.165, 1.54) is 0 Å². The molecule has 8 aromatic rings. The molecule has 5 heteroatoms. The van der Waals surface area contributed by atoms with Crippen LogP contribution >= 0.6 is 0 Å². The predicted octanol–water partition coefficient (Wildman–Crippen LogP) is 6.01. The number of aromatic nitrogens is 4. The largest absolute Gasteiger partial charge is 5.00 e. The van der Waals surface area contributed by atoms with Crippen molar-refractivity contribution in [2.75, 3.05) is 0 Å². The van der Waals surface area contributed by atoms with Crippen LogP contribution in [0.15, 0.2) is 170 Å². The third kappa shape index (κ3) is 5.83. The molecule has 1 radical (unpaired) electrons. The van der Waals surface area contributed by atoms with Crippen molar-refractivity contribution in [3.63, 3.8) is 0 Å². The van der Waals surface area contributed by atoms with Crippen LogP contribution in [-0.4, -0.2) is 9.97 Å². The van der Waals surface area contributed by atoms with E-state index in [9.17, 15) is 0 Å². The number of nitrogens with zero attached hydrogens (tertiary/aromatic N) is 2. The first kappa shape index (κ1) is 32.5. The van der Waals surface area contributed by atoms with E-state index in [-0.39, 0.29) is 24.5 Å². The first-order valence-corrected chi connectivity index (χ1v) is 16.2. The van der Waals surface area contributed by atoms with Gasteiger partial charge in [-0.15, -0.1) is 21.4 Å². The summed E-state index contributed by atoms with van der Waals surface area (Å²) in [7, 11) is 0. The topological polar surface area (TPSA) is 59.8 Å². The molecule has 0 spiro atoms. The molecule has 4 aromatic heterocycles. The van der Waals surface area contributed by atoms with Gasteiger partial charge >= 0.3 is 17.1 Å². The molecule has 0 aliphatic carbocycles. The molecule has 0 atom stereocenters. The summed E-state index contributed by atoms with van der Waals surface area (Å²) >= 11 is 0. The molecule has 2 N–H and O–H groups in total. The van der Waals surface area contributed by atoms with Gasteiger partial charge in [0.1, 0.15) is 0 Å². The summed E-state index contributed by atoms with van der Waals surface area (Å²) in [6.07, 6.45) is 0. The number of fused-ring (bicyclic) bond motifs is 8. The van der Waals surface area contributed by atoms with Gasteiger partial charge in [-0.1, -0.05) is 146 Å². The van der Waals surface area contributed by atoms with E-state index in [0.29, 0.717) is 0 Å². The Kier molecular flexibility index (Phi) is 9.02. The molecule has 1 aliphatic rings. The van der Waals surface area contributed by atoms with Gasteiger partial charge in [0.15, 0.2) is 0 Å². The van der Waals surface area contributed by atoms with E-state index in [1.807, 2.05) is 24.3 Å². The maximum absolute atomic E-state index is 5.35. The maximum atomic E-state index is 5.35. The fourth-order valence-corrected chi connectivity index (χ4v) is 6.84. The quantitative estimate of drug-likeness (QED) is 0.176. The zero-order valence-electron chi connectivity index (χ0n) is 27.4. The predicted molar refractivity (Wildman–Crippen MR) is 198 cm³/mol. The van der Waals surface area contributed by atoms with Crippen LogP contribution in [0.3, 0.4) is 0 Å². The smallest absolute Gasteiger partial charge is 0.657 e. The third-order valence-corrected chi connectivity index (χ3v) is 9.00. The third-order valence-electron chi connectivity index (χ3n) is 9.00. The van der Waals surface area contributed by atoms with E-state index >= 15 is 0 Å². The van der Waals surface area contributed by atoms with Gasteiger partial charge in [0.25, 0.3) is 0 Å². The fraction of sp³-hybridized carbons (Fsp3) is 0. The number of H-pyrrole nitrogens is 2. The molecular weight excluding hydrogens is 652 g/mol. The van der Waals surface area contributed by atoms with Crippen molar-refractivity contribution >= 4 is 22.3 Å². The average Bonchev–Trinajstić information content (AvgIpc) is 3.98. The van der Waals surface area contributed by atoms with E-state index in [2.05, 4.69) is 156 Å². The summed E-state index contributed by atoms with van der Waals surface area (Å²) in [6, 6.07) is 59.2. The van der Waals surface area contributed by atoms with E-state index in [1.54, 1.807) is 0 Å². The Morgan fingerprint density at radius 2 is 0.500 bits per heavy atom. The number of hydrogen-bond donors (Lipinski definition) is 2. The molecular formula is C45H33FeN4+2. The van der Waals surface area contributed by atoms with Crippen LogP contribution in [0, 0.1) is 7.43 Å². The Bertz CT molecular complexity index is 2280. The number of hydrogen-bond acceptors (Lipinski definition) is 0. The van der Waals surface area contributed by atoms with Crippen molar-refractivity contribution < 1.29 is 17.1 Å². The van der Waals surface area contributed by atoms with Crippen LogP contribution in [0.1, 0.15) is 45.0 Å². The Morgan fingerprint density at radius 1 is 0.280 bits per heavy atom. The molecule has 0 amide bonds. The zero-order valence-corrected chi connectivity index (χ0v) is 28.5. The number of nitrogens with one attached hydrogen (secondary N) is 2. The van der Waals surface area contributed by atoms with Crippen molar-refractivity contribution in [1.29, 1.82) is 0 Å². The van der Waals surface area contributed by atoms with Crippen LogP contribution in [0.4, 0.5) is 0 Å². The Morgan fingerprint density at radius 3 is 0.720 bits per heavy atom. The molecule has 8 bridgehead atoms. The first-order valence-electron chi connectivity index (χ1n) is 16.2. The van der Waals surface area contributed by atoms with E-state index < -0.39 is 0 Å². The molecule has 1 aliphatic heterocycles. The number of benzene rings is 4. The van der Waals surface area contributed by atoms with Crippen LogP contribution in [-0.2, 0) is 17.1 Å². The Hall–Kier alpha value is -6.00. The summed E-state index contributed by atoms with van der Waals surface area (Å²) in [6.45, 7) is 0. The summed E-state index contributed by atoms with van der Waals surface area (Å²) in [5.74, 6) is 0. The Balaban J connectivity index is 0.00000196. The van der Waals surface area contributed by atoms with Gasteiger partial charge in [-0.05, 0) is 68.8 Å². The number of rotatable bonds is 4. The molecule has 0 saturated carbocycles. The maximum Gasteiger partial charge on any atom is 5.00 e. The van der Waals surface area contributed by atoms with Gasteiger partial charge in [-0.25, -0.2) is 0 Å². The van der Waals surface area contributed by atoms with E-state index in [0.717, 1.165) is 88.7 Å². The molecule has 9 rings (SSSR count). The minimum Gasteiger partial charge on any atom is -0.657 e. The molecule has 50 heavy (non-hydrogen) atoms. The van der Waals surface area contributed by atoms with Gasteiger partial charge in [0.05, 0.1) is 0 Å². The molecule has 5 heterocycles. The monoisotopic (exact) mass is 685 g/mol. The van der Waals surface area contributed by atoms with Crippen molar-refractivity contribution in [1.82, 2.24) is 19.9 Å².